The zero-order valence-corrected chi connectivity index (χ0v) is 16.0. The molecule has 0 bridgehead atoms. The first-order valence-corrected chi connectivity index (χ1v) is 7.35. The maximum atomic E-state index is 5.93. The summed E-state index contributed by atoms with van der Waals surface area (Å²) in [4.78, 5) is 4.37. The summed E-state index contributed by atoms with van der Waals surface area (Å²) in [6, 6.07) is 7.49. The van der Waals surface area contributed by atoms with Crippen LogP contribution in [0.5, 0.6) is 5.75 Å². The van der Waals surface area contributed by atoms with Crippen LogP contribution in [0.1, 0.15) is 30.9 Å². The maximum Gasteiger partial charge on any atom is 0.193 e. The molecule has 2 rings (SSSR count). The van der Waals surface area contributed by atoms with Crippen LogP contribution in [-0.2, 0) is 19.4 Å². The number of aromatic nitrogens is 1. The minimum Gasteiger partial charge on any atom is -0.497 e. The number of aliphatic imine (C=N–C) groups is 1. The second-order valence-electron chi connectivity index (χ2n) is 4.79. The molecule has 126 valence electrons. The van der Waals surface area contributed by atoms with Crippen LogP contribution in [0.4, 0.5) is 5.69 Å². The smallest absolute Gasteiger partial charge is 0.193 e. The van der Waals surface area contributed by atoms with E-state index in [2.05, 4.69) is 15.5 Å². The van der Waals surface area contributed by atoms with Crippen LogP contribution >= 0.6 is 24.0 Å². The molecule has 2 aromatic rings. The molecule has 0 aliphatic heterocycles. The van der Waals surface area contributed by atoms with Gasteiger partial charge in [0.1, 0.15) is 11.5 Å². The van der Waals surface area contributed by atoms with Gasteiger partial charge in [0, 0.05) is 17.7 Å². The van der Waals surface area contributed by atoms with Crippen molar-refractivity contribution in [2.45, 2.75) is 33.2 Å². The molecule has 0 radical (unpaired) electrons. The summed E-state index contributed by atoms with van der Waals surface area (Å²) in [5.74, 6) is 2.03. The van der Waals surface area contributed by atoms with Crippen LogP contribution in [-0.4, -0.2) is 18.2 Å². The lowest BCUT2D eigenvalue weighted by Gasteiger charge is -2.07. The van der Waals surface area contributed by atoms with E-state index in [1.165, 1.54) is 0 Å². The van der Waals surface area contributed by atoms with Crippen molar-refractivity contribution in [3.05, 3.63) is 41.3 Å². The Bertz CT molecular complexity index is 617. The van der Waals surface area contributed by atoms with Crippen molar-refractivity contribution in [2.24, 2.45) is 10.7 Å². The van der Waals surface area contributed by atoms with Crippen molar-refractivity contribution >= 4 is 35.6 Å². The minimum absolute atomic E-state index is 0. The molecule has 0 saturated heterocycles. The van der Waals surface area contributed by atoms with Gasteiger partial charge in [-0.25, -0.2) is 4.99 Å². The third kappa shape index (κ3) is 5.12. The molecule has 0 fully saturated rings. The van der Waals surface area contributed by atoms with Gasteiger partial charge in [0.2, 0.25) is 0 Å². The number of benzene rings is 1. The number of methoxy groups -OCH3 is 1. The summed E-state index contributed by atoms with van der Waals surface area (Å²) < 4.78 is 10.4. The van der Waals surface area contributed by atoms with Gasteiger partial charge in [-0.05, 0) is 30.7 Å². The Morgan fingerprint density at radius 1 is 1.26 bits per heavy atom. The monoisotopic (exact) mass is 430 g/mol. The molecule has 0 aliphatic carbocycles. The van der Waals surface area contributed by atoms with Gasteiger partial charge in [0.05, 0.1) is 19.3 Å². The number of nitrogens with one attached hydrogen (secondary N) is 1. The lowest BCUT2D eigenvalue weighted by atomic mass is 10.1. The lowest BCUT2D eigenvalue weighted by Crippen LogP contribution is -2.22. The van der Waals surface area contributed by atoms with Gasteiger partial charge >= 0.3 is 0 Å². The Balaban J connectivity index is 0.00000264. The number of rotatable bonds is 6. The Labute approximate surface area is 153 Å². The first-order chi connectivity index (χ1) is 10.7. The molecule has 1 aromatic heterocycles. The molecule has 0 amide bonds. The van der Waals surface area contributed by atoms with Crippen molar-refractivity contribution in [3.63, 3.8) is 0 Å². The lowest BCUT2D eigenvalue weighted by molar-refractivity contribution is 0.380. The van der Waals surface area contributed by atoms with E-state index in [0.717, 1.165) is 41.3 Å². The standard InChI is InChI=1S/C16H22N4O2.HI/c1-4-14-13(15(5-2)22-20-14)10-18-16(17)19-11-6-8-12(21-3)9-7-11;/h6-9H,4-5,10H2,1-3H3,(H3,17,18,19);1H. The van der Waals surface area contributed by atoms with Gasteiger partial charge in [-0.1, -0.05) is 19.0 Å². The van der Waals surface area contributed by atoms with Gasteiger partial charge in [-0.15, -0.1) is 24.0 Å². The predicted molar refractivity (Wildman–Crippen MR) is 103 cm³/mol. The molecule has 23 heavy (non-hydrogen) atoms. The molecule has 6 nitrogen and oxygen atoms in total. The van der Waals surface area contributed by atoms with Crippen molar-refractivity contribution in [1.29, 1.82) is 0 Å². The number of hydrogen-bond donors (Lipinski definition) is 2. The van der Waals surface area contributed by atoms with Gasteiger partial charge < -0.3 is 20.3 Å². The normalized spacial score (nSPS) is 11.0. The van der Waals surface area contributed by atoms with E-state index in [1.54, 1.807) is 7.11 Å². The van der Waals surface area contributed by atoms with E-state index in [9.17, 15) is 0 Å². The van der Waals surface area contributed by atoms with Crippen LogP contribution in [0.15, 0.2) is 33.8 Å². The number of ether oxygens (including phenoxy) is 1. The van der Waals surface area contributed by atoms with Crippen molar-refractivity contribution in [1.82, 2.24) is 5.16 Å². The molecular weight excluding hydrogens is 407 g/mol. The van der Waals surface area contributed by atoms with E-state index >= 15 is 0 Å². The quantitative estimate of drug-likeness (QED) is 0.417. The van der Waals surface area contributed by atoms with E-state index in [0.29, 0.717) is 12.5 Å². The number of hydrogen-bond acceptors (Lipinski definition) is 4. The third-order valence-corrected chi connectivity index (χ3v) is 3.38. The van der Waals surface area contributed by atoms with E-state index in [-0.39, 0.29) is 24.0 Å². The third-order valence-electron chi connectivity index (χ3n) is 3.38. The largest absolute Gasteiger partial charge is 0.497 e. The molecular formula is C16H23IN4O2. The predicted octanol–water partition coefficient (Wildman–Crippen LogP) is 3.35. The summed E-state index contributed by atoms with van der Waals surface area (Å²) in [5, 5.41) is 7.12. The molecule has 0 spiro atoms. The van der Waals surface area contributed by atoms with Crippen molar-refractivity contribution in [3.8, 4) is 5.75 Å². The molecule has 0 unspecified atom stereocenters. The highest BCUT2D eigenvalue weighted by Gasteiger charge is 2.12. The van der Waals surface area contributed by atoms with Gasteiger partial charge in [-0.3, -0.25) is 0 Å². The van der Waals surface area contributed by atoms with Crippen LogP contribution < -0.4 is 15.8 Å². The highest BCUT2D eigenvalue weighted by molar-refractivity contribution is 14.0. The first-order valence-electron chi connectivity index (χ1n) is 7.35. The van der Waals surface area contributed by atoms with E-state index < -0.39 is 0 Å². The number of halogens is 1. The van der Waals surface area contributed by atoms with Gasteiger partial charge in [-0.2, -0.15) is 0 Å². The molecule has 7 heteroatoms. The molecule has 1 heterocycles. The van der Waals surface area contributed by atoms with Crippen molar-refractivity contribution in [2.75, 3.05) is 12.4 Å². The SMILES string of the molecule is CCc1noc(CC)c1CN=C(N)Nc1ccc(OC)cc1.I. The Morgan fingerprint density at radius 3 is 2.52 bits per heavy atom. The average Bonchev–Trinajstić information content (AvgIpc) is 2.95. The zero-order valence-electron chi connectivity index (χ0n) is 13.6. The summed E-state index contributed by atoms with van der Waals surface area (Å²) in [6.45, 7) is 4.54. The zero-order chi connectivity index (χ0) is 15.9. The Morgan fingerprint density at radius 2 is 1.96 bits per heavy atom. The molecule has 0 atom stereocenters. The summed E-state index contributed by atoms with van der Waals surface area (Å²) in [7, 11) is 1.63. The van der Waals surface area contributed by atoms with Crippen LogP contribution in [0, 0.1) is 0 Å². The summed E-state index contributed by atoms with van der Waals surface area (Å²) >= 11 is 0. The van der Waals surface area contributed by atoms with Crippen LogP contribution in [0.3, 0.4) is 0 Å². The highest BCUT2D eigenvalue weighted by Crippen LogP contribution is 2.17. The summed E-state index contributed by atoms with van der Waals surface area (Å²) in [5.41, 5.74) is 8.77. The second-order valence-corrected chi connectivity index (χ2v) is 4.79. The van der Waals surface area contributed by atoms with Crippen molar-refractivity contribution < 1.29 is 9.26 Å². The van der Waals surface area contributed by atoms with Gasteiger partial charge in [0.25, 0.3) is 0 Å². The van der Waals surface area contributed by atoms with Crippen LogP contribution in [0.2, 0.25) is 0 Å². The highest BCUT2D eigenvalue weighted by atomic mass is 127. The molecule has 3 N–H and O–H groups in total. The molecule has 0 saturated carbocycles. The topological polar surface area (TPSA) is 85.7 Å². The fourth-order valence-corrected chi connectivity index (χ4v) is 2.14. The Kier molecular flexibility index (Phi) is 7.87. The molecule has 1 aromatic carbocycles. The molecule has 0 aliphatic rings. The van der Waals surface area contributed by atoms with Crippen LogP contribution in [0.25, 0.3) is 0 Å². The number of anilines is 1. The number of nitrogens with zero attached hydrogens (tertiary/aromatic N) is 2. The Hall–Kier alpha value is -1.77. The second kappa shape index (κ2) is 9.39. The van der Waals surface area contributed by atoms with Gasteiger partial charge in [0.15, 0.2) is 5.96 Å². The number of guanidine groups is 1. The first kappa shape index (κ1) is 19.3. The number of aryl methyl sites for hydroxylation is 2. The fraction of sp³-hybridized carbons (Fsp3) is 0.375. The maximum absolute atomic E-state index is 5.93. The van der Waals surface area contributed by atoms with E-state index in [1.807, 2.05) is 38.1 Å². The average molecular weight is 430 g/mol. The van der Waals surface area contributed by atoms with E-state index in [4.69, 9.17) is 15.0 Å². The minimum atomic E-state index is 0. The number of nitrogens with two attached hydrogens (primary N) is 1. The summed E-state index contributed by atoms with van der Waals surface area (Å²) in [6.07, 6.45) is 1.61. The fourth-order valence-electron chi connectivity index (χ4n) is 2.14.